The van der Waals surface area contributed by atoms with Crippen LogP contribution in [0.3, 0.4) is 0 Å². The third-order valence-corrected chi connectivity index (χ3v) is 4.89. The molecule has 0 fully saturated rings. The van der Waals surface area contributed by atoms with E-state index in [0.717, 1.165) is 16.9 Å². The van der Waals surface area contributed by atoms with Gasteiger partial charge in [-0.1, -0.05) is 24.3 Å². The number of ketones is 1. The molecule has 0 radical (unpaired) electrons. The van der Waals surface area contributed by atoms with E-state index < -0.39 is 5.97 Å². The van der Waals surface area contributed by atoms with Crippen LogP contribution in [0.4, 0.5) is 11.4 Å². The molecule has 0 heterocycles. The van der Waals surface area contributed by atoms with Gasteiger partial charge in [-0.05, 0) is 43.7 Å². The Bertz CT molecular complexity index is 1040. The zero-order valence-electron chi connectivity index (χ0n) is 16.4. The quantitative estimate of drug-likeness (QED) is 0.575. The number of rotatable bonds is 7. The van der Waals surface area contributed by atoms with Crippen LogP contribution in [0.25, 0.3) is 0 Å². The lowest BCUT2D eigenvalue weighted by molar-refractivity contribution is -0.136. The zero-order valence-corrected chi connectivity index (χ0v) is 16.4. The zero-order chi connectivity index (χ0) is 21.0. The second kappa shape index (κ2) is 8.65. The van der Waals surface area contributed by atoms with Crippen molar-refractivity contribution in [3.8, 4) is 0 Å². The Morgan fingerprint density at radius 2 is 1.90 bits per heavy atom. The van der Waals surface area contributed by atoms with E-state index in [1.807, 2.05) is 49.1 Å². The van der Waals surface area contributed by atoms with Crippen LogP contribution in [0, 0.1) is 6.92 Å². The number of hydrogen-bond donors (Lipinski definition) is 1. The molecule has 0 spiro atoms. The van der Waals surface area contributed by atoms with Crippen LogP contribution in [-0.2, 0) is 9.59 Å². The summed E-state index contributed by atoms with van der Waals surface area (Å²) in [5.41, 5.74) is 4.39. The van der Waals surface area contributed by atoms with E-state index in [1.165, 1.54) is 6.08 Å². The fraction of sp³-hybridized carbons (Fsp3) is 0.217. The molecule has 0 amide bonds. The summed E-state index contributed by atoms with van der Waals surface area (Å²) in [4.78, 5) is 41.3. The van der Waals surface area contributed by atoms with E-state index in [9.17, 15) is 14.4 Å². The molecule has 1 N–H and O–H groups in total. The van der Waals surface area contributed by atoms with Gasteiger partial charge in [-0.2, -0.15) is 0 Å². The number of aldehydes is 1. The van der Waals surface area contributed by atoms with Crippen LogP contribution in [0.5, 0.6) is 0 Å². The van der Waals surface area contributed by atoms with Gasteiger partial charge in [0.1, 0.15) is 0 Å². The summed E-state index contributed by atoms with van der Waals surface area (Å²) in [5, 5.41) is 8.93. The lowest BCUT2D eigenvalue weighted by Gasteiger charge is -2.23. The highest BCUT2D eigenvalue weighted by Gasteiger charge is 2.23. The Kier molecular flexibility index (Phi) is 6.02. The van der Waals surface area contributed by atoms with Gasteiger partial charge >= 0.3 is 5.97 Å². The lowest BCUT2D eigenvalue weighted by atomic mass is 9.89. The molecule has 0 bridgehead atoms. The largest absolute Gasteiger partial charge is 0.481 e. The number of allylic oxidation sites excluding steroid dienone is 2. The van der Waals surface area contributed by atoms with Crippen LogP contribution in [0.2, 0.25) is 0 Å². The van der Waals surface area contributed by atoms with Crippen molar-refractivity contribution in [3.63, 3.8) is 0 Å². The lowest BCUT2D eigenvalue weighted by Crippen LogP contribution is -2.25. The van der Waals surface area contributed by atoms with Crippen LogP contribution < -0.4 is 4.90 Å². The number of nitrogens with zero attached hydrogens (tertiary/aromatic N) is 2. The van der Waals surface area contributed by atoms with Crippen molar-refractivity contribution in [1.82, 2.24) is 0 Å². The summed E-state index contributed by atoms with van der Waals surface area (Å²) < 4.78 is 0. The fourth-order valence-electron chi connectivity index (χ4n) is 3.32. The molecule has 6 heteroatoms. The van der Waals surface area contributed by atoms with E-state index in [1.54, 1.807) is 12.1 Å². The first-order valence-electron chi connectivity index (χ1n) is 9.41. The van der Waals surface area contributed by atoms with Crippen LogP contribution in [0.15, 0.2) is 59.1 Å². The predicted molar refractivity (Wildman–Crippen MR) is 112 cm³/mol. The number of anilines is 1. The highest BCUT2D eigenvalue weighted by Crippen LogP contribution is 2.28. The van der Waals surface area contributed by atoms with Gasteiger partial charge in [-0.3, -0.25) is 14.4 Å². The van der Waals surface area contributed by atoms with Crippen molar-refractivity contribution >= 4 is 35.1 Å². The van der Waals surface area contributed by atoms with Crippen LogP contribution in [0.1, 0.15) is 34.8 Å². The summed E-state index contributed by atoms with van der Waals surface area (Å²) in [6.45, 7) is 5.03. The van der Waals surface area contributed by atoms with Crippen molar-refractivity contribution in [3.05, 3.63) is 70.8 Å². The van der Waals surface area contributed by atoms with Gasteiger partial charge in [0.25, 0.3) is 0 Å². The number of aliphatic imine (C=N–C) groups is 1. The first-order valence-corrected chi connectivity index (χ1v) is 9.41. The molecular formula is C23H22N2O4. The molecule has 3 rings (SSSR count). The summed E-state index contributed by atoms with van der Waals surface area (Å²) in [6.07, 6.45) is 2.16. The topological polar surface area (TPSA) is 87.0 Å². The maximum Gasteiger partial charge on any atom is 0.305 e. The van der Waals surface area contributed by atoms with E-state index >= 15 is 0 Å². The summed E-state index contributed by atoms with van der Waals surface area (Å²) >= 11 is 0. The van der Waals surface area contributed by atoms with Crippen LogP contribution >= 0.6 is 0 Å². The Labute approximate surface area is 169 Å². The third kappa shape index (κ3) is 4.32. The van der Waals surface area contributed by atoms with Gasteiger partial charge in [-0.25, -0.2) is 4.99 Å². The van der Waals surface area contributed by atoms with Crippen molar-refractivity contribution in [2.75, 3.05) is 18.0 Å². The number of aliphatic carboxylic acids is 1. The Morgan fingerprint density at radius 3 is 2.52 bits per heavy atom. The van der Waals surface area contributed by atoms with Gasteiger partial charge in [0.2, 0.25) is 0 Å². The molecule has 6 nitrogen and oxygen atoms in total. The number of Topliss-reactive ketones (excluding diaryl/α,β-unsaturated/α-hetero) is 1. The number of carboxylic acid groups (broad SMARTS) is 1. The van der Waals surface area contributed by atoms with E-state index in [4.69, 9.17) is 10.1 Å². The minimum atomic E-state index is -0.827. The number of carbonyl (C=O) groups excluding carboxylic acids is 2. The first-order chi connectivity index (χ1) is 13.9. The molecular weight excluding hydrogens is 368 g/mol. The van der Waals surface area contributed by atoms with E-state index in [-0.39, 0.29) is 17.8 Å². The normalized spacial score (nSPS) is 14.3. The van der Waals surface area contributed by atoms with Crippen molar-refractivity contribution in [2.24, 2.45) is 4.99 Å². The van der Waals surface area contributed by atoms with Crippen molar-refractivity contribution in [2.45, 2.75) is 20.3 Å². The monoisotopic (exact) mass is 390 g/mol. The maximum atomic E-state index is 12.4. The number of hydrogen-bond acceptors (Lipinski definition) is 5. The minimum absolute atomic E-state index is 0.0705. The molecule has 1 aliphatic carbocycles. The second-order valence-electron chi connectivity index (χ2n) is 6.78. The number of benzene rings is 2. The smallest absolute Gasteiger partial charge is 0.305 e. The SMILES string of the molecule is CCN(CCC(=O)O)c1ccc(/N=C2\C=C(C=O)C(=O)c3ccccc32)c(C)c1. The number of carbonyl (C=O) groups is 3. The molecule has 0 saturated carbocycles. The Hall–Kier alpha value is -3.54. The number of carboxylic acids is 1. The van der Waals surface area contributed by atoms with E-state index in [2.05, 4.69) is 0 Å². The van der Waals surface area contributed by atoms with E-state index in [0.29, 0.717) is 36.2 Å². The molecule has 0 aromatic heterocycles. The molecule has 0 aliphatic heterocycles. The summed E-state index contributed by atoms with van der Waals surface area (Å²) in [7, 11) is 0. The average Bonchev–Trinajstić information content (AvgIpc) is 2.72. The average molecular weight is 390 g/mol. The predicted octanol–water partition coefficient (Wildman–Crippen LogP) is 3.74. The molecule has 0 atom stereocenters. The third-order valence-electron chi connectivity index (χ3n) is 4.89. The molecule has 0 saturated heterocycles. The summed E-state index contributed by atoms with van der Waals surface area (Å²) in [5.74, 6) is -1.12. The van der Waals surface area contributed by atoms with Crippen molar-refractivity contribution < 1.29 is 19.5 Å². The molecule has 2 aromatic rings. The molecule has 148 valence electrons. The van der Waals surface area contributed by atoms with Gasteiger partial charge in [0.05, 0.1) is 23.4 Å². The number of fused-ring (bicyclic) bond motifs is 1. The summed E-state index contributed by atoms with van der Waals surface area (Å²) in [6, 6.07) is 12.9. The first kappa shape index (κ1) is 20.2. The highest BCUT2D eigenvalue weighted by atomic mass is 16.4. The molecule has 29 heavy (non-hydrogen) atoms. The number of aryl methyl sites for hydroxylation is 1. The fourth-order valence-corrected chi connectivity index (χ4v) is 3.32. The second-order valence-corrected chi connectivity index (χ2v) is 6.78. The standard InChI is InChI=1S/C23H22N2O4/c1-3-25(11-10-22(27)28)17-8-9-20(15(2)12-17)24-21-13-16(14-26)23(29)19-7-5-4-6-18(19)21/h4-9,12-14H,3,10-11H2,1-2H3,(H,27,28)/b24-21+. The van der Waals surface area contributed by atoms with Gasteiger partial charge in [0.15, 0.2) is 12.1 Å². The van der Waals surface area contributed by atoms with Crippen molar-refractivity contribution in [1.29, 1.82) is 0 Å². The molecule has 1 aliphatic rings. The van der Waals surface area contributed by atoms with Gasteiger partial charge in [-0.15, -0.1) is 0 Å². The molecule has 2 aromatic carbocycles. The minimum Gasteiger partial charge on any atom is -0.481 e. The highest BCUT2D eigenvalue weighted by molar-refractivity contribution is 6.32. The van der Waals surface area contributed by atoms with Gasteiger partial charge < -0.3 is 10.0 Å². The Balaban J connectivity index is 1.98. The van der Waals surface area contributed by atoms with Crippen LogP contribution in [-0.4, -0.2) is 41.9 Å². The molecule has 0 unspecified atom stereocenters. The van der Waals surface area contributed by atoms with Gasteiger partial charge in [0, 0.05) is 29.9 Å². The maximum absolute atomic E-state index is 12.4. The Morgan fingerprint density at radius 1 is 1.17 bits per heavy atom.